The molecule has 5 nitrogen and oxygen atoms in total. The van der Waals surface area contributed by atoms with Gasteiger partial charge in [0.15, 0.2) is 0 Å². The standard InChI is InChI=1S/C31H42N4O/c1-5-15-28(36-29-19-11-8-12-20-29)21-14-13-16-25(3)34-26(4)24-31(33-23-22-32)35-30(6-2)27-17-9-7-10-18-27/h7-12,17-20,24,28,34H,2-3,5,13-16,21-23,32H2,1,4H3,(H,33,35)/b26-24+. The summed E-state index contributed by atoms with van der Waals surface area (Å²) in [6.45, 7) is 13.3. The third-order valence-electron chi connectivity index (χ3n) is 5.54. The van der Waals surface area contributed by atoms with Crippen molar-refractivity contribution in [3.63, 3.8) is 0 Å². The maximum Gasteiger partial charge on any atom is 0.127 e. The number of allylic oxidation sites excluding steroid dienone is 2. The Kier molecular flexibility index (Phi) is 13.5. The van der Waals surface area contributed by atoms with E-state index in [2.05, 4.69) is 41.4 Å². The van der Waals surface area contributed by atoms with Gasteiger partial charge in [-0.1, -0.05) is 75.0 Å². The monoisotopic (exact) mass is 486 g/mol. The van der Waals surface area contributed by atoms with E-state index in [9.17, 15) is 0 Å². The van der Waals surface area contributed by atoms with E-state index in [-0.39, 0.29) is 6.10 Å². The number of para-hydroxylation sites is 1. The summed E-state index contributed by atoms with van der Waals surface area (Å²) in [6.07, 6.45) is 8.50. The summed E-state index contributed by atoms with van der Waals surface area (Å²) in [6, 6.07) is 20.1. The van der Waals surface area contributed by atoms with Crippen LogP contribution in [-0.4, -0.2) is 25.0 Å². The number of hydrogen-bond donors (Lipinski definition) is 3. The average molecular weight is 487 g/mol. The third-order valence-corrected chi connectivity index (χ3v) is 5.54. The minimum absolute atomic E-state index is 0.254. The first-order valence-electron chi connectivity index (χ1n) is 12.9. The predicted octanol–water partition coefficient (Wildman–Crippen LogP) is 6.57. The second-order valence-corrected chi connectivity index (χ2v) is 8.74. The second kappa shape index (κ2) is 17.0. The predicted molar refractivity (Wildman–Crippen MR) is 154 cm³/mol. The average Bonchev–Trinajstić information content (AvgIpc) is 2.89. The van der Waals surface area contributed by atoms with Crippen molar-refractivity contribution in [3.8, 4) is 5.75 Å². The molecule has 36 heavy (non-hydrogen) atoms. The molecule has 0 fully saturated rings. The highest BCUT2D eigenvalue weighted by Crippen LogP contribution is 2.18. The number of benzene rings is 2. The molecule has 4 N–H and O–H groups in total. The summed E-state index contributed by atoms with van der Waals surface area (Å²) in [5.41, 5.74) is 12.4. The maximum atomic E-state index is 6.19. The molecule has 5 heteroatoms. The Labute approximate surface area is 217 Å². The van der Waals surface area contributed by atoms with Crippen molar-refractivity contribution in [2.75, 3.05) is 13.1 Å². The zero-order valence-corrected chi connectivity index (χ0v) is 21.9. The van der Waals surface area contributed by atoms with Gasteiger partial charge in [0.2, 0.25) is 0 Å². The van der Waals surface area contributed by atoms with E-state index in [1.54, 1.807) is 0 Å². The zero-order valence-electron chi connectivity index (χ0n) is 21.9. The van der Waals surface area contributed by atoms with E-state index < -0.39 is 0 Å². The SMILES string of the molecule is C=C=C(NC(/C=C(\C)NC(=C)CCCCC(CCC)Oc1ccccc1)=NCCN)c1ccccc1. The first-order chi connectivity index (χ1) is 17.5. The largest absolute Gasteiger partial charge is 0.490 e. The van der Waals surface area contributed by atoms with Gasteiger partial charge in [0.1, 0.15) is 11.6 Å². The summed E-state index contributed by atoms with van der Waals surface area (Å²) in [4.78, 5) is 4.58. The van der Waals surface area contributed by atoms with Crippen LogP contribution in [0.2, 0.25) is 0 Å². The molecule has 0 aliphatic rings. The lowest BCUT2D eigenvalue weighted by Crippen LogP contribution is -2.23. The summed E-state index contributed by atoms with van der Waals surface area (Å²) >= 11 is 0. The molecule has 0 aromatic heterocycles. The van der Waals surface area contributed by atoms with E-state index in [0.29, 0.717) is 18.9 Å². The van der Waals surface area contributed by atoms with Crippen molar-refractivity contribution >= 4 is 11.5 Å². The van der Waals surface area contributed by atoms with Crippen LogP contribution in [0.15, 0.2) is 102 Å². The smallest absolute Gasteiger partial charge is 0.127 e. The molecule has 1 atom stereocenters. The lowest BCUT2D eigenvalue weighted by molar-refractivity contribution is 0.176. The molecule has 0 aliphatic heterocycles. The number of nitrogens with two attached hydrogens (primary N) is 1. The van der Waals surface area contributed by atoms with E-state index in [1.165, 1.54) is 0 Å². The normalized spacial score (nSPS) is 12.4. The molecule has 0 heterocycles. The minimum atomic E-state index is 0.254. The number of nitrogens with one attached hydrogen (secondary N) is 2. The highest BCUT2D eigenvalue weighted by molar-refractivity contribution is 5.99. The van der Waals surface area contributed by atoms with E-state index in [0.717, 1.165) is 66.9 Å². The molecule has 2 aromatic rings. The fraction of sp³-hybridized carbons (Fsp3) is 0.355. The van der Waals surface area contributed by atoms with Crippen LogP contribution < -0.4 is 21.1 Å². The Bertz CT molecular complexity index is 1020. The molecular formula is C31H42N4O. The molecule has 0 saturated carbocycles. The van der Waals surface area contributed by atoms with Gasteiger partial charge in [0, 0.05) is 23.5 Å². The number of hydrogen-bond acceptors (Lipinski definition) is 4. The zero-order chi connectivity index (χ0) is 26.0. The van der Waals surface area contributed by atoms with E-state index in [4.69, 9.17) is 10.5 Å². The van der Waals surface area contributed by atoms with Crippen LogP contribution in [0.3, 0.4) is 0 Å². The van der Waals surface area contributed by atoms with Crippen LogP contribution in [0.1, 0.15) is 57.9 Å². The Hall–Kier alpha value is -3.53. The second-order valence-electron chi connectivity index (χ2n) is 8.74. The minimum Gasteiger partial charge on any atom is -0.490 e. The van der Waals surface area contributed by atoms with Gasteiger partial charge >= 0.3 is 0 Å². The molecule has 0 spiro atoms. The van der Waals surface area contributed by atoms with Crippen LogP contribution in [-0.2, 0) is 0 Å². The third kappa shape index (κ3) is 11.3. The van der Waals surface area contributed by atoms with Crippen molar-refractivity contribution < 1.29 is 4.74 Å². The molecule has 1 unspecified atom stereocenters. The molecule has 0 saturated heterocycles. The summed E-state index contributed by atoms with van der Waals surface area (Å²) in [7, 11) is 0. The lowest BCUT2D eigenvalue weighted by Gasteiger charge is -2.19. The van der Waals surface area contributed by atoms with Crippen molar-refractivity contribution in [1.29, 1.82) is 0 Å². The summed E-state index contributed by atoms with van der Waals surface area (Å²) in [5.74, 6) is 1.65. The molecule has 0 aliphatic carbocycles. The number of unbranched alkanes of at least 4 members (excludes halogenated alkanes) is 1. The van der Waals surface area contributed by atoms with Crippen LogP contribution >= 0.6 is 0 Å². The molecular weight excluding hydrogens is 444 g/mol. The Morgan fingerprint density at radius 2 is 1.75 bits per heavy atom. The number of aliphatic imine (C=N–C) groups is 1. The fourth-order valence-corrected chi connectivity index (χ4v) is 3.83. The fourth-order valence-electron chi connectivity index (χ4n) is 3.83. The van der Waals surface area contributed by atoms with Gasteiger partial charge in [0.05, 0.1) is 18.3 Å². The Balaban J connectivity index is 1.86. The highest BCUT2D eigenvalue weighted by atomic mass is 16.5. The molecule has 2 rings (SSSR count). The molecule has 2 aromatic carbocycles. The van der Waals surface area contributed by atoms with Crippen LogP contribution in [0.4, 0.5) is 0 Å². The summed E-state index contributed by atoms with van der Waals surface area (Å²) < 4.78 is 6.19. The Morgan fingerprint density at radius 3 is 2.39 bits per heavy atom. The topological polar surface area (TPSA) is 71.7 Å². The first kappa shape index (κ1) is 28.7. The first-order valence-corrected chi connectivity index (χ1v) is 12.9. The van der Waals surface area contributed by atoms with Crippen LogP contribution in [0.25, 0.3) is 5.70 Å². The number of nitrogens with zero attached hydrogens (tertiary/aromatic N) is 1. The maximum absolute atomic E-state index is 6.19. The molecule has 192 valence electrons. The summed E-state index contributed by atoms with van der Waals surface area (Å²) in [5, 5.41) is 6.74. The number of amidine groups is 1. The van der Waals surface area contributed by atoms with Crippen molar-refractivity contribution in [2.24, 2.45) is 10.7 Å². The lowest BCUT2D eigenvalue weighted by atomic mass is 10.1. The van der Waals surface area contributed by atoms with Crippen molar-refractivity contribution in [1.82, 2.24) is 10.6 Å². The van der Waals surface area contributed by atoms with Crippen LogP contribution in [0.5, 0.6) is 5.75 Å². The highest BCUT2D eigenvalue weighted by Gasteiger charge is 2.10. The van der Waals surface area contributed by atoms with Gasteiger partial charge in [-0.3, -0.25) is 4.99 Å². The van der Waals surface area contributed by atoms with Gasteiger partial charge < -0.3 is 21.1 Å². The molecule has 0 bridgehead atoms. The number of ether oxygens (including phenoxy) is 1. The van der Waals surface area contributed by atoms with Crippen molar-refractivity contribution in [2.45, 2.75) is 58.5 Å². The van der Waals surface area contributed by atoms with E-state index in [1.807, 2.05) is 73.7 Å². The van der Waals surface area contributed by atoms with Gasteiger partial charge in [-0.25, -0.2) is 0 Å². The quantitative estimate of drug-likeness (QED) is 0.109. The van der Waals surface area contributed by atoms with Crippen molar-refractivity contribution in [3.05, 3.63) is 103 Å². The van der Waals surface area contributed by atoms with Gasteiger partial charge in [-0.2, -0.15) is 0 Å². The van der Waals surface area contributed by atoms with Gasteiger partial charge in [0.25, 0.3) is 0 Å². The molecule has 0 radical (unpaired) electrons. The molecule has 0 amide bonds. The van der Waals surface area contributed by atoms with Crippen LogP contribution in [0, 0.1) is 0 Å². The van der Waals surface area contributed by atoms with Gasteiger partial charge in [-0.05, 0) is 57.2 Å². The Morgan fingerprint density at radius 1 is 1.06 bits per heavy atom. The number of rotatable bonds is 16. The van der Waals surface area contributed by atoms with E-state index >= 15 is 0 Å². The van der Waals surface area contributed by atoms with Gasteiger partial charge in [-0.15, -0.1) is 5.73 Å².